The van der Waals surface area contributed by atoms with E-state index in [0.717, 1.165) is 0 Å². The Balaban J connectivity index is 1.78. The molecule has 25 heavy (non-hydrogen) atoms. The lowest BCUT2D eigenvalue weighted by molar-refractivity contribution is 0.0690. The predicted octanol–water partition coefficient (Wildman–Crippen LogP) is 3.22. The summed E-state index contributed by atoms with van der Waals surface area (Å²) in [4.78, 5) is 30.8. The topological polar surface area (TPSA) is 101 Å². The summed E-state index contributed by atoms with van der Waals surface area (Å²) in [5.41, 5.74) is 0.476. The van der Waals surface area contributed by atoms with Crippen molar-refractivity contribution < 1.29 is 19.4 Å². The lowest BCUT2D eigenvalue weighted by Gasteiger charge is -2.11. The van der Waals surface area contributed by atoms with Crippen molar-refractivity contribution in [3.05, 3.63) is 78.4 Å². The number of para-hydroxylation sites is 1. The van der Waals surface area contributed by atoms with Gasteiger partial charge in [-0.05, 0) is 24.3 Å². The number of amides is 1. The molecule has 0 aliphatic rings. The second kappa shape index (κ2) is 7.22. The average molecular weight is 335 g/mol. The Labute approximate surface area is 142 Å². The zero-order valence-electron chi connectivity index (χ0n) is 12.9. The summed E-state index contributed by atoms with van der Waals surface area (Å²) in [5, 5.41) is 11.5. The normalized spacial score (nSPS) is 10.1. The van der Waals surface area contributed by atoms with Crippen molar-refractivity contribution in [2.24, 2.45) is 0 Å². The van der Waals surface area contributed by atoms with Crippen molar-refractivity contribution in [1.82, 2.24) is 9.97 Å². The van der Waals surface area contributed by atoms with E-state index in [1.165, 1.54) is 24.5 Å². The maximum Gasteiger partial charge on any atom is 0.354 e. The monoisotopic (exact) mass is 335 g/mol. The predicted molar refractivity (Wildman–Crippen MR) is 89.9 cm³/mol. The lowest BCUT2D eigenvalue weighted by Crippen LogP contribution is -2.13. The molecular formula is C18H13N3O4. The van der Waals surface area contributed by atoms with Crippen molar-refractivity contribution in [2.45, 2.75) is 0 Å². The van der Waals surface area contributed by atoms with Crippen LogP contribution >= 0.6 is 0 Å². The number of benzene rings is 1. The second-order valence-electron chi connectivity index (χ2n) is 4.98. The fraction of sp³-hybridized carbons (Fsp3) is 0. The van der Waals surface area contributed by atoms with E-state index in [2.05, 4.69) is 15.3 Å². The van der Waals surface area contributed by atoms with Crippen LogP contribution in [-0.2, 0) is 0 Å². The molecule has 0 atom stereocenters. The van der Waals surface area contributed by atoms with E-state index in [1.807, 2.05) is 18.2 Å². The van der Waals surface area contributed by atoms with Crippen molar-refractivity contribution in [3.63, 3.8) is 0 Å². The van der Waals surface area contributed by atoms with Gasteiger partial charge in [-0.1, -0.05) is 18.2 Å². The van der Waals surface area contributed by atoms with Crippen LogP contribution in [0.2, 0.25) is 0 Å². The number of aromatic nitrogens is 2. The summed E-state index contributed by atoms with van der Waals surface area (Å²) < 4.78 is 5.75. The smallest absolute Gasteiger partial charge is 0.354 e. The van der Waals surface area contributed by atoms with Gasteiger partial charge >= 0.3 is 5.97 Å². The van der Waals surface area contributed by atoms with E-state index in [9.17, 15) is 9.59 Å². The Kier molecular flexibility index (Phi) is 4.66. The SMILES string of the molecule is O=C(Nc1cnccc1Oc1ccccc1)c1ccc(C(=O)O)nc1. The largest absolute Gasteiger partial charge is 0.477 e. The van der Waals surface area contributed by atoms with Crippen LogP contribution in [0.3, 0.4) is 0 Å². The summed E-state index contributed by atoms with van der Waals surface area (Å²) in [7, 11) is 0. The number of aromatic carboxylic acids is 1. The van der Waals surface area contributed by atoms with Crippen molar-refractivity contribution in [1.29, 1.82) is 0 Å². The molecule has 3 aromatic rings. The van der Waals surface area contributed by atoms with Gasteiger partial charge in [-0.3, -0.25) is 9.78 Å². The fourth-order valence-corrected chi connectivity index (χ4v) is 2.03. The summed E-state index contributed by atoms with van der Waals surface area (Å²) in [6.07, 6.45) is 4.22. The molecule has 0 unspecified atom stereocenters. The number of hydrogen-bond donors (Lipinski definition) is 2. The molecule has 0 saturated heterocycles. The van der Waals surface area contributed by atoms with E-state index < -0.39 is 11.9 Å². The zero-order chi connectivity index (χ0) is 17.6. The van der Waals surface area contributed by atoms with Gasteiger partial charge in [0.25, 0.3) is 5.91 Å². The summed E-state index contributed by atoms with van der Waals surface area (Å²) in [5.74, 6) is -0.547. The number of carboxylic acid groups (broad SMARTS) is 1. The van der Waals surface area contributed by atoms with Gasteiger partial charge in [0, 0.05) is 18.5 Å². The Morgan fingerprint density at radius 3 is 2.48 bits per heavy atom. The number of carbonyl (C=O) groups excluding carboxylic acids is 1. The Bertz CT molecular complexity index is 896. The number of anilines is 1. The van der Waals surface area contributed by atoms with E-state index in [1.54, 1.807) is 24.4 Å². The molecule has 2 heterocycles. The van der Waals surface area contributed by atoms with Crippen LogP contribution in [0.15, 0.2) is 67.1 Å². The third kappa shape index (κ3) is 3.97. The molecule has 7 nitrogen and oxygen atoms in total. The van der Waals surface area contributed by atoms with Crippen LogP contribution in [0.1, 0.15) is 20.8 Å². The zero-order valence-corrected chi connectivity index (χ0v) is 12.9. The number of nitrogens with zero attached hydrogens (tertiary/aromatic N) is 2. The van der Waals surface area contributed by atoms with Crippen LogP contribution in [0.25, 0.3) is 0 Å². The minimum absolute atomic E-state index is 0.133. The molecule has 7 heteroatoms. The van der Waals surface area contributed by atoms with E-state index in [4.69, 9.17) is 9.84 Å². The van der Waals surface area contributed by atoms with Crippen LogP contribution < -0.4 is 10.1 Å². The Morgan fingerprint density at radius 2 is 1.80 bits per heavy atom. The maximum atomic E-state index is 12.3. The van der Waals surface area contributed by atoms with Crippen LogP contribution in [0, 0.1) is 0 Å². The number of pyridine rings is 2. The first-order chi connectivity index (χ1) is 12.1. The van der Waals surface area contributed by atoms with E-state index in [-0.39, 0.29) is 11.3 Å². The van der Waals surface area contributed by atoms with Crippen molar-refractivity contribution >= 4 is 17.6 Å². The molecule has 0 aliphatic heterocycles. The molecular weight excluding hydrogens is 322 g/mol. The number of carboxylic acids is 1. The lowest BCUT2D eigenvalue weighted by atomic mass is 10.2. The first-order valence-corrected chi connectivity index (χ1v) is 7.31. The number of carbonyl (C=O) groups is 2. The first-order valence-electron chi connectivity index (χ1n) is 7.31. The average Bonchev–Trinajstić information content (AvgIpc) is 2.64. The number of hydrogen-bond acceptors (Lipinski definition) is 5. The van der Waals surface area contributed by atoms with Crippen LogP contribution in [0.5, 0.6) is 11.5 Å². The molecule has 124 valence electrons. The highest BCUT2D eigenvalue weighted by atomic mass is 16.5. The van der Waals surface area contributed by atoms with Crippen molar-refractivity contribution in [3.8, 4) is 11.5 Å². The number of nitrogens with one attached hydrogen (secondary N) is 1. The number of rotatable bonds is 5. The minimum atomic E-state index is -1.15. The highest BCUT2D eigenvalue weighted by Gasteiger charge is 2.12. The molecule has 3 rings (SSSR count). The van der Waals surface area contributed by atoms with Crippen LogP contribution in [0.4, 0.5) is 5.69 Å². The Hall–Kier alpha value is -3.74. The molecule has 2 N–H and O–H groups in total. The highest BCUT2D eigenvalue weighted by Crippen LogP contribution is 2.28. The second-order valence-corrected chi connectivity index (χ2v) is 4.98. The van der Waals surface area contributed by atoms with Gasteiger partial charge in [0.15, 0.2) is 5.75 Å². The quantitative estimate of drug-likeness (QED) is 0.742. The third-order valence-corrected chi connectivity index (χ3v) is 3.25. The van der Waals surface area contributed by atoms with Crippen molar-refractivity contribution in [2.75, 3.05) is 5.32 Å². The number of ether oxygens (including phenoxy) is 1. The first kappa shape index (κ1) is 16.1. The minimum Gasteiger partial charge on any atom is -0.477 e. The van der Waals surface area contributed by atoms with Gasteiger partial charge in [0.2, 0.25) is 0 Å². The van der Waals surface area contributed by atoms with Crippen LogP contribution in [-0.4, -0.2) is 27.0 Å². The molecule has 1 amide bonds. The van der Waals surface area contributed by atoms with Gasteiger partial charge < -0.3 is 15.2 Å². The molecule has 0 bridgehead atoms. The highest BCUT2D eigenvalue weighted by molar-refractivity contribution is 6.05. The molecule has 0 spiro atoms. The maximum absolute atomic E-state index is 12.3. The molecule has 0 fully saturated rings. The molecule has 0 saturated carbocycles. The van der Waals surface area contributed by atoms with Gasteiger partial charge in [-0.25, -0.2) is 9.78 Å². The summed E-state index contributed by atoms with van der Waals surface area (Å²) in [6, 6.07) is 13.4. The molecule has 1 aromatic carbocycles. The Morgan fingerprint density at radius 1 is 1.00 bits per heavy atom. The van der Waals surface area contributed by atoms with Gasteiger partial charge in [-0.2, -0.15) is 0 Å². The standard InChI is InChI=1S/C18H13N3O4/c22-17(12-6-7-14(18(23)24)20-10-12)21-15-11-19-9-8-16(15)25-13-4-2-1-3-5-13/h1-11H,(H,21,22)(H,23,24). The van der Waals surface area contributed by atoms with E-state index >= 15 is 0 Å². The molecule has 2 aromatic heterocycles. The van der Waals surface area contributed by atoms with Gasteiger partial charge in [-0.15, -0.1) is 0 Å². The van der Waals surface area contributed by atoms with E-state index in [0.29, 0.717) is 17.2 Å². The molecule has 0 radical (unpaired) electrons. The third-order valence-electron chi connectivity index (χ3n) is 3.25. The fourth-order valence-electron chi connectivity index (χ4n) is 2.03. The molecule has 0 aliphatic carbocycles. The summed E-state index contributed by atoms with van der Waals surface area (Å²) in [6.45, 7) is 0. The van der Waals surface area contributed by atoms with Gasteiger partial charge in [0.1, 0.15) is 17.1 Å². The summed E-state index contributed by atoms with van der Waals surface area (Å²) >= 11 is 0. The van der Waals surface area contributed by atoms with Gasteiger partial charge in [0.05, 0.1) is 11.8 Å².